The molecule has 2 aromatic carbocycles. The first-order valence-electron chi connectivity index (χ1n) is 6.20. The number of allylic oxidation sites excluding steroid dienone is 1. The minimum Gasteiger partial charge on any atom is -0.323 e. The Morgan fingerprint density at radius 2 is 1.64 bits per heavy atom. The third-order valence-corrected chi connectivity index (χ3v) is 3.23. The first kappa shape index (κ1) is 16.0. The van der Waals surface area contributed by atoms with Crippen LogP contribution in [-0.2, 0) is 4.79 Å². The molecular weight excluding hydrogens is 356 g/mol. The van der Waals surface area contributed by atoms with Crippen molar-refractivity contribution in [3.63, 3.8) is 0 Å². The number of hydrogen-bond donors (Lipinski definition) is 1. The third kappa shape index (κ3) is 4.33. The van der Waals surface area contributed by atoms with Crippen molar-refractivity contribution in [3.05, 3.63) is 76.3 Å². The van der Waals surface area contributed by atoms with Gasteiger partial charge in [-0.3, -0.25) is 9.59 Å². The van der Waals surface area contributed by atoms with Crippen molar-refractivity contribution in [2.45, 2.75) is 0 Å². The largest absolute Gasteiger partial charge is 0.323 e. The summed E-state index contributed by atoms with van der Waals surface area (Å²) in [4.78, 5) is 23.4. The first-order chi connectivity index (χ1) is 10.5. The van der Waals surface area contributed by atoms with Gasteiger partial charge in [-0.25, -0.2) is 8.78 Å². The molecule has 0 atom stereocenters. The maximum Gasteiger partial charge on any atom is 0.248 e. The second-order valence-electron chi connectivity index (χ2n) is 4.32. The number of hydrogen-bond acceptors (Lipinski definition) is 2. The number of rotatable bonds is 4. The molecule has 3 nitrogen and oxygen atoms in total. The highest BCUT2D eigenvalue weighted by molar-refractivity contribution is 9.10. The summed E-state index contributed by atoms with van der Waals surface area (Å²) < 4.78 is 26.7. The van der Waals surface area contributed by atoms with E-state index in [1.807, 2.05) is 0 Å². The quantitative estimate of drug-likeness (QED) is 0.654. The zero-order valence-corrected chi connectivity index (χ0v) is 12.7. The van der Waals surface area contributed by atoms with E-state index in [-0.39, 0.29) is 5.56 Å². The van der Waals surface area contributed by atoms with Crippen LogP contribution in [0.1, 0.15) is 10.4 Å². The molecule has 0 aromatic heterocycles. The topological polar surface area (TPSA) is 46.2 Å². The molecule has 0 saturated carbocycles. The van der Waals surface area contributed by atoms with Crippen LogP contribution < -0.4 is 5.32 Å². The SMILES string of the molecule is O=C(/C=C/C(=O)c1ccc(F)c(F)c1)Nc1ccc(Br)cc1. The lowest BCUT2D eigenvalue weighted by atomic mass is 10.1. The molecule has 0 fully saturated rings. The number of ketones is 1. The maximum absolute atomic E-state index is 13.0. The van der Waals surface area contributed by atoms with Crippen molar-refractivity contribution in [1.29, 1.82) is 0 Å². The Morgan fingerprint density at radius 1 is 0.955 bits per heavy atom. The van der Waals surface area contributed by atoms with Gasteiger partial charge in [0.2, 0.25) is 5.91 Å². The van der Waals surface area contributed by atoms with Gasteiger partial charge in [0.15, 0.2) is 17.4 Å². The Hall–Kier alpha value is -2.34. The number of halogens is 3. The Balaban J connectivity index is 2.01. The van der Waals surface area contributed by atoms with Crippen molar-refractivity contribution in [1.82, 2.24) is 0 Å². The Bertz CT molecular complexity index is 742. The van der Waals surface area contributed by atoms with Crippen LogP contribution in [0.25, 0.3) is 0 Å². The second kappa shape index (κ2) is 7.09. The molecule has 0 aliphatic rings. The van der Waals surface area contributed by atoms with Crippen LogP contribution in [0.3, 0.4) is 0 Å². The molecule has 1 N–H and O–H groups in total. The number of benzene rings is 2. The van der Waals surface area contributed by atoms with Crippen molar-refractivity contribution in [3.8, 4) is 0 Å². The van der Waals surface area contributed by atoms with Crippen molar-refractivity contribution in [2.75, 3.05) is 5.32 Å². The standard InChI is InChI=1S/C16H10BrF2NO2/c17-11-2-4-12(5-3-11)20-16(22)8-7-15(21)10-1-6-13(18)14(19)9-10/h1-9H,(H,20,22)/b8-7+. The van der Waals surface area contributed by atoms with Crippen LogP contribution in [0.15, 0.2) is 59.1 Å². The van der Waals surface area contributed by atoms with Gasteiger partial charge < -0.3 is 5.32 Å². The minimum absolute atomic E-state index is 0.0356. The smallest absolute Gasteiger partial charge is 0.248 e. The third-order valence-electron chi connectivity index (χ3n) is 2.70. The average molecular weight is 366 g/mol. The lowest BCUT2D eigenvalue weighted by Crippen LogP contribution is -2.08. The summed E-state index contributed by atoms with van der Waals surface area (Å²) in [6, 6.07) is 9.68. The lowest BCUT2D eigenvalue weighted by molar-refractivity contribution is -0.111. The fourth-order valence-electron chi connectivity index (χ4n) is 1.61. The molecule has 22 heavy (non-hydrogen) atoms. The van der Waals surface area contributed by atoms with E-state index < -0.39 is 23.3 Å². The maximum atomic E-state index is 13.0. The number of amides is 1. The van der Waals surface area contributed by atoms with Gasteiger partial charge >= 0.3 is 0 Å². The van der Waals surface area contributed by atoms with Crippen LogP contribution in [0.5, 0.6) is 0 Å². The zero-order valence-electron chi connectivity index (χ0n) is 11.1. The highest BCUT2D eigenvalue weighted by Crippen LogP contribution is 2.14. The van der Waals surface area contributed by atoms with E-state index in [2.05, 4.69) is 21.2 Å². The molecule has 2 rings (SSSR count). The number of carbonyl (C=O) groups is 2. The van der Waals surface area contributed by atoms with E-state index in [0.717, 1.165) is 34.8 Å². The molecule has 0 saturated heterocycles. The summed E-state index contributed by atoms with van der Waals surface area (Å²) in [6.45, 7) is 0. The second-order valence-corrected chi connectivity index (χ2v) is 5.24. The predicted octanol–water partition coefficient (Wildman–Crippen LogP) is 4.10. The Labute approximate surface area is 133 Å². The van der Waals surface area contributed by atoms with Crippen molar-refractivity contribution < 1.29 is 18.4 Å². The number of nitrogens with one attached hydrogen (secondary N) is 1. The van der Waals surface area contributed by atoms with E-state index in [4.69, 9.17) is 0 Å². The normalized spacial score (nSPS) is 10.7. The molecule has 0 radical (unpaired) electrons. The van der Waals surface area contributed by atoms with Gasteiger partial charge in [0.1, 0.15) is 0 Å². The minimum atomic E-state index is -1.11. The van der Waals surface area contributed by atoms with Crippen LogP contribution >= 0.6 is 15.9 Å². The van der Waals surface area contributed by atoms with E-state index in [9.17, 15) is 18.4 Å². The van der Waals surface area contributed by atoms with E-state index in [1.165, 1.54) is 0 Å². The summed E-state index contributed by atoms with van der Waals surface area (Å²) >= 11 is 3.27. The fourth-order valence-corrected chi connectivity index (χ4v) is 1.88. The fraction of sp³-hybridized carbons (Fsp3) is 0. The summed E-state index contributed by atoms with van der Waals surface area (Å²) in [5.41, 5.74) is 0.532. The van der Waals surface area contributed by atoms with Crippen LogP contribution in [0.4, 0.5) is 14.5 Å². The Kier molecular flexibility index (Phi) is 5.16. The first-order valence-corrected chi connectivity index (χ1v) is 6.99. The van der Waals surface area contributed by atoms with Gasteiger partial charge in [-0.1, -0.05) is 15.9 Å². The van der Waals surface area contributed by atoms with Gasteiger partial charge in [0, 0.05) is 21.8 Å². The molecule has 0 heterocycles. The zero-order chi connectivity index (χ0) is 16.1. The molecule has 2 aromatic rings. The van der Waals surface area contributed by atoms with Gasteiger partial charge in [-0.2, -0.15) is 0 Å². The number of anilines is 1. The molecule has 112 valence electrons. The highest BCUT2D eigenvalue weighted by atomic mass is 79.9. The molecule has 1 amide bonds. The summed E-state index contributed by atoms with van der Waals surface area (Å²) in [6.07, 6.45) is 2.03. The average Bonchev–Trinajstić information content (AvgIpc) is 2.50. The molecule has 0 spiro atoms. The van der Waals surface area contributed by atoms with E-state index in [1.54, 1.807) is 24.3 Å². The lowest BCUT2D eigenvalue weighted by Gasteiger charge is -2.01. The molecule has 6 heteroatoms. The molecule has 0 aliphatic carbocycles. The molecule has 0 unspecified atom stereocenters. The summed E-state index contributed by atoms with van der Waals surface area (Å²) in [5, 5.41) is 2.56. The van der Waals surface area contributed by atoms with Crippen LogP contribution in [-0.4, -0.2) is 11.7 Å². The van der Waals surface area contributed by atoms with Gasteiger partial charge in [0.05, 0.1) is 0 Å². The van der Waals surface area contributed by atoms with Crippen LogP contribution in [0.2, 0.25) is 0 Å². The van der Waals surface area contributed by atoms with Crippen LogP contribution in [0, 0.1) is 11.6 Å². The van der Waals surface area contributed by atoms with Gasteiger partial charge in [0.25, 0.3) is 0 Å². The summed E-state index contributed by atoms with van der Waals surface area (Å²) in [5.74, 6) is -3.24. The van der Waals surface area contributed by atoms with Gasteiger partial charge in [-0.05, 0) is 48.5 Å². The van der Waals surface area contributed by atoms with E-state index in [0.29, 0.717) is 5.69 Å². The predicted molar refractivity (Wildman–Crippen MR) is 82.6 cm³/mol. The molecular formula is C16H10BrF2NO2. The highest BCUT2D eigenvalue weighted by Gasteiger charge is 2.07. The number of carbonyl (C=O) groups excluding carboxylic acids is 2. The molecule has 0 aliphatic heterocycles. The monoisotopic (exact) mass is 365 g/mol. The molecule has 0 bridgehead atoms. The summed E-state index contributed by atoms with van der Waals surface area (Å²) in [7, 11) is 0. The van der Waals surface area contributed by atoms with Crippen molar-refractivity contribution >= 4 is 33.3 Å². The van der Waals surface area contributed by atoms with Crippen molar-refractivity contribution in [2.24, 2.45) is 0 Å². The van der Waals surface area contributed by atoms with Gasteiger partial charge in [-0.15, -0.1) is 0 Å². The Morgan fingerprint density at radius 3 is 2.27 bits per heavy atom. The van der Waals surface area contributed by atoms with E-state index >= 15 is 0 Å².